The molecule has 1 amide bonds. The fourth-order valence-electron chi connectivity index (χ4n) is 3.83. The summed E-state index contributed by atoms with van der Waals surface area (Å²) in [6.07, 6.45) is 3.07. The Morgan fingerprint density at radius 1 is 1.21 bits per heavy atom. The van der Waals surface area contributed by atoms with E-state index in [1.54, 1.807) is 0 Å². The Kier molecular flexibility index (Phi) is 4.50. The molecule has 0 bridgehead atoms. The average Bonchev–Trinajstić information content (AvgIpc) is 3.07. The fraction of sp³-hybridized carbons (Fsp3) is 0.450. The Morgan fingerprint density at radius 2 is 2.08 bits per heavy atom. The van der Waals surface area contributed by atoms with Crippen molar-refractivity contribution in [1.82, 2.24) is 10.2 Å². The Morgan fingerprint density at radius 3 is 3.00 bits per heavy atom. The summed E-state index contributed by atoms with van der Waals surface area (Å²) in [5.74, 6) is 0.0671. The monoisotopic (exact) mass is 324 g/mol. The van der Waals surface area contributed by atoms with Gasteiger partial charge in [-0.2, -0.15) is 0 Å². The molecule has 2 aromatic rings. The van der Waals surface area contributed by atoms with Crippen LogP contribution in [0.1, 0.15) is 18.4 Å². The van der Waals surface area contributed by atoms with Crippen molar-refractivity contribution in [2.24, 2.45) is 0 Å². The van der Waals surface area contributed by atoms with Crippen LogP contribution in [0.3, 0.4) is 0 Å². The number of nitrogens with one attached hydrogen (secondary N) is 1. The van der Waals surface area contributed by atoms with Gasteiger partial charge in [0, 0.05) is 19.1 Å². The van der Waals surface area contributed by atoms with Gasteiger partial charge >= 0.3 is 0 Å². The molecule has 2 atom stereocenters. The molecule has 2 fully saturated rings. The highest BCUT2D eigenvalue weighted by molar-refractivity contribution is 5.85. The van der Waals surface area contributed by atoms with Crippen LogP contribution >= 0.6 is 0 Å². The molecule has 0 radical (unpaired) electrons. The van der Waals surface area contributed by atoms with Crippen LogP contribution in [0.4, 0.5) is 0 Å². The molecule has 0 saturated carbocycles. The molecule has 2 aliphatic heterocycles. The lowest BCUT2D eigenvalue weighted by Crippen LogP contribution is -2.50. The van der Waals surface area contributed by atoms with E-state index in [2.05, 4.69) is 34.5 Å². The topological polar surface area (TPSA) is 41.6 Å². The van der Waals surface area contributed by atoms with E-state index in [1.807, 2.05) is 18.2 Å². The average molecular weight is 324 g/mol. The first-order valence-electron chi connectivity index (χ1n) is 8.88. The third-order valence-electron chi connectivity index (χ3n) is 5.17. The molecule has 24 heavy (non-hydrogen) atoms. The summed E-state index contributed by atoms with van der Waals surface area (Å²) in [5.41, 5.74) is 1.05. The van der Waals surface area contributed by atoms with Gasteiger partial charge < -0.3 is 10.1 Å². The van der Waals surface area contributed by atoms with Gasteiger partial charge in [0.1, 0.15) is 0 Å². The van der Waals surface area contributed by atoms with E-state index >= 15 is 0 Å². The predicted molar refractivity (Wildman–Crippen MR) is 95.0 cm³/mol. The van der Waals surface area contributed by atoms with Gasteiger partial charge in [0.25, 0.3) is 0 Å². The minimum Gasteiger partial charge on any atom is -0.373 e. The molecule has 2 saturated heterocycles. The van der Waals surface area contributed by atoms with Crippen molar-refractivity contribution >= 4 is 16.7 Å². The Bertz CT molecular complexity index is 730. The first-order valence-corrected chi connectivity index (χ1v) is 8.88. The Balaban J connectivity index is 1.29. The third kappa shape index (κ3) is 3.45. The molecule has 0 aliphatic carbocycles. The molecule has 0 unspecified atom stereocenters. The maximum atomic E-state index is 12.2. The first kappa shape index (κ1) is 15.6. The van der Waals surface area contributed by atoms with E-state index in [-0.39, 0.29) is 12.0 Å². The van der Waals surface area contributed by atoms with Gasteiger partial charge in [-0.15, -0.1) is 0 Å². The highest BCUT2D eigenvalue weighted by Gasteiger charge is 2.32. The smallest absolute Gasteiger partial charge is 0.224 e. The minimum absolute atomic E-state index is 0.0671. The number of hydrogen-bond acceptors (Lipinski definition) is 3. The van der Waals surface area contributed by atoms with Crippen LogP contribution in [-0.4, -0.2) is 49.2 Å². The van der Waals surface area contributed by atoms with Gasteiger partial charge in [-0.25, -0.2) is 0 Å². The zero-order valence-corrected chi connectivity index (χ0v) is 13.9. The number of ether oxygens (including phenoxy) is 1. The first-order chi connectivity index (χ1) is 11.8. The van der Waals surface area contributed by atoms with Crippen LogP contribution in [-0.2, 0) is 16.0 Å². The lowest BCUT2D eigenvalue weighted by atomic mass is 10.0. The maximum absolute atomic E-state index is 12.2. The molecule has 2 aliphatic rings. The molecule has 4 rings (SSSR count). The molecule has 2 heterocycles. The van der Waals surface area contributed by atoms with E-state index in [9.17, 15) is 4.79 Å². The SMILES string of the molecule is O=C(Cc1ccc2ccccc2c1)NC[C@@H]1CN2CCC[C@@H]2CO1. The summed E-state index contributed by atoms with van der Waals surface area (Å²) in [6, 6.07) is 15.0. The summed E-state index contributed by atoms with van der Waals surface area (Å²) in [7, 11) is 0. The number of carbonyl (C=O) groups is 1. The number of morpholine rings is 1. The van der Waals surface area contributed by atoms with Gasteiger partial charge in [-0.1, -0.05) is 42.5 Å². The summed E-state index contributed by atoms with van der Waals surface area (Å²) in [5, 5.41) is 5.42. The van der Waals surface area contributed by atoms with Gasteiger partial charge in [-0.3, -0.25) is 9.69 Å². The van der Waals surface area contributed by atoms with Crippen molar-refractivity contribution in [1.29, 1.82) is 0 Å². The van der Waals surface area contributed by atoms with Crippen LogP contribution in [0.2, 0.25) is 0 Å². The number of hydrogen-bond donors (Lipinski definition) is 1. The van der Waals surface area contributed by atoms with Crippen molar-refractivity contribution in [3.8, 4) is 0 Å². The van der Waals surface area contributed by atoms with E-state index in [1.165, 1.54) is 30.2 Å². The van der Waals surface area contributed by atoms with Crippen LogP contribution in [0.15, 0.2) is 42.5 Å². The normalized spacial score (nSPS) is 24.0. The second-order valence-electron chi connectivity index (χ2n) is 6.91. The van der Waals surface area contributed by atoms with Gasteiger partial charge in [-0.05, 0) is 35.7 Å². The van der Waals surface area contributed by atoms with E-state index in [4.69, 9.17) is 4.74 Å². The zero-order valence-electron chi connectivity index (χ0n) is 13.9. The predicted octanol–water partition coefficient (Wildman–Crippen LogP) is 2.36. The van der Waals surface area contributed by atoms with Gasteiger partial charge in [0.15, 0.2) is 0 Å². The number of rotatable bonds is 4. The molecule has 1 N–H and O–H groups in total. The van der Waals surface area contributed by atoms with Crippen molar-refractivity contribution < 1.29 is 9.53 Å². The summed E-state index contributed by atoms with van der Waals surface area (Å²) >= 11 is 0. The van der Waals surface area contributed by atoms with Gasteiger partial charge in [0.05, 0.1) is 19.1 Å². The quantitative estimate of drug-likeness (QED) is 0.939. The second-order valence-corrected chi connectivity index (χ2v) is 6.91. The molecular formula is C20H24N2O2. The standard InChI is InChI=1S/C20H24N2O2/c23-20(11-15-7-8-16-4-1-2-5-17(16)10-15)21-12-19-13-22-9-3-6-18(22)14-24-19/h1-2,4-5,7-8,10,18-19H,3,6,9,11-14H2,(H,21,23)/t18-,19-/m1/s1. The van der Waals surface area contributed by atoms with Crippen molar-refractivity contribution in [2.75, 3.05) is 26.2 Å². The largest absolute Gasteiger partial charge is 0.373 e. The van der Waals surface area contributed by atoms with Crippen LogP contribution < -0.4 is 5.32 Å². The van der Waals surface area contributed by atoms with Crippen LogP contribution in [0.25, 0.3) is 10.8 Å². The van der Waals surface area contributed by atoms with Crippen molar-refractivity contribution in [2.45, 2.75) is 31.4 Å². The number of carbonyl (C=O) groups excluding carboxylic acids is 1. The summed E-state index contributed by atoms with van der Waals surface area (Å²) in [4.78, 5) is 14.7. The van der Waals surface area contributed by atoms with Crippen molar-refractivity contribution in [3.63, 3.8) is 0 Å². The minimum atomic E-state index is 0.0671. The Labute approximate surface area is 142 Å². The molecular weight excluding hydrogens is 300 g/mol. The molecule has 126 valence electrons. The summed E-state index contributed by atoms with van der Waals surface area (Å²) < 4.78 is 5.89. The van der Waals surface area contributed by atoms with E-state index in [0.717, 1.165) is 18.7 Å². The number of benzene rings is 2. The maximum Gasteiger partial charge on any atom is 0.224 e. The van der Waals surface area contributed by atoms with Crippen LogP contribution in [0.5, 0.6) is 0 Å². The fourth-order valence-corrected chi connectivity index (χ4v) is 3.83. The lowest BCUT2D eigenvalue weighted by Gasteiger charge is -2.35. The highest BCUT2D eigenvalue weighted by atomic mass is 16.5. The van der Waals surface area contributed by atoms with Crippen LogP contribution in [0, 0.1) is 0 Å². The lowest BCUT2D eigenvalue weighted by molar-refractivity contribution is -0.121. The highest BCUT2D eigenvalue weighted by Crippen LogP contribution is 2.22. The number of nitrogens with zero attached hydrogens (tertiary/aromatic N) is 1. The summed E-state index contributed by atoms with van der Waals surface area (Å²) in [6.45, 7) is 3.54. The van der Waals surface area contributed by atoms with Crippen molar-refractivity contribution in [3.05, 3.63) is 48.0 Å². The number of fused-ring (bicyclic) bond motifs is 2. The van der Waals surface area contributed by atoms with Gasteiger partial charge in [0.2, 0.25) is 5.91 Å². The molecule has 0 spiro atoms. The second kappa shape index (κ2) is 6.91. The molecule has 4 nitrogen and oxygen atoms in total. The number of amides is 1. The molecule has 2 aromatic carbocycles. The third-order valence-corrected chi connectivity index (χ3v) is 5.17. The zero-order chi connectivity index (χ0) is 16.4. The molecule has 0 aromatic heterocycles. The van der Waals surface area contributed by atoms with E-state index in [0.29, 0.717) is 19.0 Å². The Hall–Kier alpha value is -1.91. The van der Waals surface area contributed by atoms with E-state index < -0.39 is 0 Å². The molecule has 4 heteroatoms.